The smallest absolute Gasteiger partial charge is 0.159 e. The second-order valence-electron chi connectivity index (χ2n) is 11.4. The molecule has 0 N–H and O–H groups in total. The molecule has 1 aliphatic rings. The lowest BCUT2D eigenvalue weighted by Crippen LogP contribution is -2.34. The second-order valence-corrected chi connectivity index (χ2v) is 12.2. The van der Waals surface area contributed by atoms with E-state index in [-0.39, 0.29) is 5.78 Å². The summed E-state index contributed by atoms with van der Waals surface area (Å²) in [4.78, 5) is 17.9. The number of carbonyl (C=O) groups is 1. The van der Waals surface area contributed by atoms with E-state index in [1.165, 1.54) is 47.9 Å². The Balaban J connectivity index is 0. The average molecular weight is 710 g/mol. The first-order valence-corrected chi connectivity index (χ1v) is 19.0. The van der Waals surface area contributed by atoms with E-state index in [0.717, 1.165) is 54.0 Å². The van der Waals surface area contributed by atoms with E-state index in [0.29, 0.717) is 5.92 Å². The van der Waals surface area contributed by atoms with Gasteiger partial charge in [0.25, 0.3) is 0 Å². The van der Waals surface area contributed by atoms with Gasteiger partial charge in [0, 0.05) is 29.9 Å². The number of piperidine rings is 1. The number of aryl methyl sites for hydroxylation is 1. The Morgan fingerprint density at radius 2 is 1.43 bits per heavy atom. The average Bonchev–Trinajstić information content (AvgIpc) is 3.10. The van der Waals surface area contributed by atoms with Crippen molar-refractivity contribution in [3.8, 4) is 0 Å². The van der Waals surface area contributed by atoms with Crippen molar-refractivity contribution in [2.75, 3.05) is 26.7 Å². The minimum Gasteiger partial charge on any atom is -0.299 e. The van der Waals surface area contributed by atoms with Crippen molar-refractivity contribution < 1.29 is 4.79 Å². The van der Waals surface area contributed by atoms with E-state index in [9.17, 15) is 4.79 Å². The number of nitrogens with zero attached hydrogens (tertiary/aromatic N) is 2. The van der Waals surface area contributed by atoms with Gasteiger partial charge in [-0.2, -0.15) is 0 Å². The van der Waals surface area contributed by atoms with Crippen molar-refractivity contribution in [1.82, 2.24) is 4.90 Å². The van der Waals surface area contributed by atoms with E-state index >= 15 is 0 Å². The third kappa shape index (κ3) is 19.8. The van der Waals surface area contributed by atoms with E-state index in [1.54, 1.807) is 20.2 Å². The number of rotatable bonds is 12. The van der Waals surface area contributed by atoms with Gasteiger partial charge in [-0.05, 0) is 94.2 Å². The topological polar surface area (TPSA) is 32.7 Å². The van der Waals surface area contributed by atoms with Gasteiger partial charge in [-0.25, -0.2) is 0 Å². The molecule has 0 atom stereocenters. The predicted octanol–water partition coefficient (Wildman–Crippen LogP) is 13.3. The molecule has 0 spiro atoms. The van der Waals surface area contributed by atoms with Crippen LogP contribution < -0.4 is 0 Å². The molecular weight excluding hydrogens is 640 g/mol. The molecule has 1 fully saturated rings. The maximum absolute atomic E-state index is 11.4. The first kappa shape index (κ1) is 46.6. The molecule has 3 rings (SSSR count). The van der Waals surface area contributed by atoms with Gasteiger partial charge in [-0.3, -0.25) is 14.7 Å². The summed E-state index contributed by atoms with van der Waals surface area (Å²) in [5, 5.41) is 0. The lowest BCUT2D eigenvalue weighted by atomic mass is 9.88. The van der Waals surface area contributed by atoms with E-state index in [2.05, 4.69) is 103 Å². The highest BCUT2D eigenvalue weighted by Gasteiger charge is 2.20. The molecule has 264 valence electrons. The van der Waals surface area contributed by atoms with Crippen LogP contribution in [0, 0.1) is 6.92 Å². The molecule has 0 aliphatic carbocycles. The van der Waals surface area contributed by atoms with Gasteiger partial charge < -0.3 is 0 Å². The first-order valence-electron chi connectivity index (χ1n) is 18.2. The molecule has 4 heteroatoms. The predicted molar refractivity (Wildman–Crippen MR) is 217 cm³/mol. The Morgan fingerprint density at radius 3 is 1.87 bits per heavy atom. The highest BCUT2D eigenvalue weighted by atomic mass is 79.9. The van der Waals surface area contributed by atoms with E-state index in [4.69, 9.17) is 0 Å². The molecule has 1 heterocycles. The van der Waals surface area contributed by atoms with Crippen molar-refractivity contribution in [2.45, 2.75) is 127 Å². The Hall–Kier alpha value is -2.56. The maximum Gasteiger partial charge on any atom is 0.159 e. The minimum absolute atomic E-state index is 0.128. The van der Waals surface area contributed by atoms with Crippen LogP contribution in [0.4, 0.5) is 0 Å². The van der Waals surface area contributed by atoms with Crippen LogP contribution >= 0.6 is 15.9 Å². The lowest BCUT2D eigenvalue weighted by Gasteiger charge is -2.32. The van der Waals surface area contributed by atoms with Crippen molar-refractivity contribution >= 4 is 27.9 Å². The zero-order valence-electron chi connectivity index (χ0n) is 32.3. The van der Waals surface area contributed by atoms with Crippen LogP contribution in [0.3, 0.4) is 0 Å². The molecule has 0 amide bonds. The molecule has 2 aromatic carbocycles. The Labute approximate surface area is 299 Å². The highest BCUT2D eigenvalue weighted by molar-refractivity contribution is 9.12. The van der Waals surface area contributed by atoms with Crippen LogP contribution in [0.25, 0.3) is 0 Å². The Bertz CT molecular complexity index is 1160. The number of likely N-dealkylation sites (tertiary alicyclic amines) is 1. The SMILES string of the molecule is C=C(/C=C(\C)CN1CCC(c2ccc(C(C)=O)cc2)CC1)/C(Br)=C\C=NC.CC.CC.CC.CCCC(CCC)c1ccc(C)cc1. The summed E-state index contributed by atoms with van der Waals surface area (Å²) in [6, 6.07) is 17.2. The van der Waals surface area contributed by atoms with Crippen LogP contribution in [-0.4, -0.2) is 43.6 Å². The van der Waals surface area contributed by atoms with E-state index < -0.39 is 0 Å². The molecule has 0 aromatic heterocycles. The van der Waals surface area contributed by atoms with Crippen LogP contribution in [-0.2, 0) is 0 Å². The number of allylic oxidation sites excluding steroid dienone is 4. The number of halogens is 1. The quantitative estimate of drug-likeness (QED) is 0.125. The molecule has 2 aromatic rings. The van der Waals surface area contributed by atoms with Gasteiger partial charge in [0.15, 0.2) is 5.78 Å². The molecule has 0 unspecified atom stereocenters. The molecule has 1 aliphatic heterocycles. The lowest BCUT2D eigenvalue weighted by molar-refractivity contribution is 0.101. The van der Waals surface area contributed by atoms with Crippen LogP contribution in [0.2, 0.25) is 0 Å². The third-order valence-corrected chi connectivity index (χ3v) is 8.54. The number of hydrogen-bond donors (Lipinski definition) is 0. The van der Waals surface area contributed by atoms with Gasteiger partial charge in [0.1, 0.15) is 0 Å². The van der Waals surface area contributed by atoms with Crippen molar-refractivity contribution in [3.05, 3.63) is 105 Å². The highest BCUT2D eigenvalue weighted by Crippen LogP contribution is 2.29. The van der Waals surface area contributed by atoms with Crippen LogP contribution in [0.15, 0.2) is 87.9 Å². The van der Waals surface area contributed by atoms with Crippen molar-refractivity contribution in [3.63, 3.8) is 0 Å². The number of aliphatic imine (C=N–C) groups is 1. The molecule has 0 bridgehead atoms. The fourth-order valence-electron chi connectivity index (χ4n) is 5.44. The number of ketones is 1. The van der Waals surface area contributed by atoms with Crippen molar-refractivity contribution in [2.24, 2.45) is 4.99 Å². The fraction of sp³-hybridized carbons (Fsp3) is 0.535. The summed E-state index contributed by atoms with van der Waals surface area (Å²) in [5.74, 6) is 1.50. The fourth-order valence-corrected chi connectivity index (χ4v) is 5.67. The molecule has 0 saturated carbocycles. The minimum atomic E-state index is 0.128. The zero-order chi connectivity index (χ0) is 36.2. The largest absolute Gasteiger partial charge is 0.299 e. The Kier molecular flexibility index (Phi) is 29.3. The third-order valence-electron chi connectivity index (χ3n) is 7.77. The molecule has 0 radical (unpaired) electrons. The normalized spacial score (nSPS) is 13.7. The monoisotopic (exact) mass is 708 g/mol. The standard InChI is InChI=1S/C23H29BrN2O.C14H22.3C2H6/c1-17(15-18(2)23(24)9-12-25-4)16-26-13-10-22(11-14-26)21-7-5-20(6-8-21)19(3)27;1-4-6-13(7-5-2)14-10-8-12(3)9-11-14;3*1-2/h5-9,12,15,22H,2,10-11,13-14,16H2,1,3-4H3;8-11,13H,4-7H2,1-3H3;3*1-2H3/b17-15+,23-9+,25-12?;;;;. The number of carbonyl (C=O) groups excluding carboxylic acids is 1. The summed E-state index contributed by atoms with van der Waals surface area (Å²) < 4.78 is 0.958. The molecule has 1 saturated heterocycles. The summed E-state index contributed by atoms with van der Waals surface area (Å²) in [6.07, 6.45) is 13.4. The second kappa shape index (κ2) is 29.6. The molecule has 3 nitrogen and oxygen atoms in total. The van der Waals surface area contributed by atoms with Crippen molar-refractivity contribution in [1.29, 1.82) is 0 Å². The zero-order valence-corrected chi connectivity index (χ0v) is 33.8. The van der Waals surface area contributed by atoms with Gasteiger partial charge in [-0.1, -0.05) is 156 Å². The van der Waals surface area contributed by atoms with E-state index in [1.807, 2.05) is 59.8 Å². The number of benzene rings is 2. The van der Waals surface area contributed by atoms with Gasteiger partial charge in [-0.15, -0.1) is 0 Å². The first-order chi connectivity index (χ1) is 22.7. The Morgan fingerprint density at radius 1 is 0.915 bits per heavy atom. The molecule has 47 heavy (non-hydrogen) atoms. The molecular formula is C43H69BrN2O. The summed E-state index contributed by atoms with van der Waals surface area (Å²) in [5.41, 5.74) is 7.31. The van der Waals surface area contributed by atoms with Crippen LogP contribution in [0.5, 0.6) is 0 Å². The number of Topliss-reactive ketones (excluding diaryl/α,β-unsaturated/α-hetero) is 1. The maximum atomic E-state index is 11.4. The van der Waals surface area contributed by atoms with Gasteiger partial charge in [0.05, 0.1) is 0 Å². The van der Waals surface area contributed by atoms with Crippen LogP contribution in [0.1, 0.15) is 147 Å². The summed E-state index contributed by atoms with van der Waals surface area (Å²) >= 11 is 3.54. The summed E-state index contributed by atoms with van der Waals surface area (Å²) in [6.45, 7) is 29.7. The number of hydrogen-bond acceptors (Lipinski definition) is 3. The summed E-state index contributed by atoms with van der Waals surface area (Å²) in [7, 11) is 1.75. The van der Waals surface area contributed by atoms with Gasteiger partial charge >= 0.3 is 0 Å². The van der Waals surface area contributed by atoms with Gasteiger partial charge in [0.2, 0.25) is 0 Å².